The van der Waals surface area contributed by atoms with Crippen LogP contribution in [0.3, 0.4) is 0 Å². The summed E-state index contributed by atoms with van der Waals surface area (Å²) in [6.45, 7) is 3.52. The fourth-order valence-corrected chi connectivity index (χ4v) is 3.71. The lowest BCUT2D eigenvalue weighted by atomic mass is 9.95. The van der Waals surface area contributed by atoms with Crippen LogP contribution in [0.4, 0.5) is 5.69 Å². The van der Waals surface area contributed by atoms with Gasteiger partial charge >= 0.3 is 0 Å². The summed E-state index contributed by atoms with van der Waals surface area (Å²) in [5.41, 5.74) is 4.19. The molecule has 1 atom stereocenters. The molecule has 0 unspecified atom stereocenters. The largest absolute Gasteiger partial charge is 0.284 e. The number of amides is 1. The fraction of sp³-hybridized carbons (Fsp3) is 0.263. The molecule has 3 rings (SSSR count). The molecule has 1 aliphatic rings. The van der Waals surface area contributed by atoms with Crippen molar-refractivity contribution in [1.29, 1.82) is 0 Å². The van der Waals surface area contributed by atoms with E-state index in [4.69, 9.17) is 0 Å². The van der Waals surface area contributed by atoms with Gasteiger partial charge in [0.1, 0.15) is 0 Å². The van der Waals surface area contributed by atoms with Gasteiger partial charge in [-0.3, -0.25) is 9.52 Å². The molecule has 0 spiro atoms. The first-order chi connectivity index (χ1) is 12.2. The Hall–Kier alpha value is -2.67. The van der Waals surface area contributed by atoms with Crippen LogP contribution in [0.1, 0.15) is 36.1 Å². The zero-order valence-corrected chi connectivity index (χ0v) is 15.7. The van der Waals surface area contributed by atoms with E-state index in [9.17, 15) is 13.2 Å². The molecule has 0 fully saturated rings. The smallest absolute Gasteiger partial charge is 0.240 e. The van der Waals surface area contributed by atoms with Gasteiger partial charge in [-0.05, 0) is 35.7 Å². The van der Waals surface area contributed by atoms with Crippen LogP contribution < -0.4 is 4.72 Å². The van der Waals surface area contributed by atoms with Gasteiger partial charge in [-0.2, -0.15) is 5.10 Å². The molecule has 1 amide bonds. The van der Waals surface area contributed by atoms with Crippen molar-refractivity contribution < 1.29 is 13.2 Å². The third kappa shape index (κ3) is 3.94. The highest BCUT2D eigenvalue weighted by Crippen LogP contribution is 2.34. The number of hydrazone groups is 1. The van der Waals surface area contributed by atoms with Crippen LogP contribution in [-0.2, 0) is 14.8 Å². The van der Waals surface area contributed by atoms with Crippen LogP contribution in [0.25, 0.3) is 0 Å². The average Bonchev–Trinajstić information content (AvgIpc) is 2.99. The molecule has 0 saturated heterocycles. The molecule has 0 radical (unpaired) electrons. The van der Waals surface area contributed by atoms with Gasteiger partial charge in [-0.1, -0.05) is 36.4 Å². The van der Waals surface area contributed by atoms with E-state index < -0.39 is 10.0 Å². The topological polar surface area (TPSA) is 78.8 Å². The summed E-state index contributed by atoms with van der Waals surface area (Å²) in [5.74, 6) is -0.126. The number of benzene rings is 2. The number of sulfonamides is 1. The number of nitrogens with one attached hydrogen (secondary N) is 1. The van der Waals surface area contributed by atoms with Gasteiger partial charge in [0, 0.05) is 19.0 Å². The molecule has 0 bridgehead atoms. The standard InChI is InChI=1S/C19H21N3O3S/c1-13-7-4-5-10-17(13)19-12-18(20-22(19)14(2)23)15-8-6-9-16(11-15)21-26(3,24)25/h4-11,19,21H,12H2,1-3H3/t19-/m1/s1. The van der Waals surface area contributed by atoms with Crippen molar-refractivity contribution in [3.05, 3.63) is 65.2 Å². The summed E-state index contributed by atoms with van der Waals surface area (Å²) in [4.78, 5) is 12.1. The van der Waals surface area contributed by atoms with Crippen molar-refractivity contribution in [2.75, 3.05) is 11.0 Å². The second-order valence-electron chi connectivity index (χ2n) is 6.44. The summed E-state index contributed by atoms with van der Waals surface area (Å²) in [6.07, 6.45) is 1.69. The number of hydrogen-bond donors (Lipinski definition) is 1. The van der Waals surface area contributed by atoms with Crippen molar-refractivity contribution in [2.24, 2.45) is 5.10 Å². The maximum atomic E-state index is 12.1. The minimum atomic E-state index is -3.36. The molecular formula is C19H21N3O3S. The van der Waals surface area contributed by atoms with Crippen molar-refractivity contribution in [1.82, 2.24) is 5.01 Å². The van der Waals surface area contributed by atoms with Crippen molar-refractivity contribution in [3.8, 4) is 0 Å². The molecule has 26 heavy (non-hydrogen) atoms. The van der Waals surface area contributed by atoms with Gasteiger partial charge in [0.05, 0.1) is 18.0 Å². The van der Waals surface area contributed by atoms with Gasteiger partial charge < -0.3 is 0 Å². The Balaban J connectivity index is 1.95. The van der Waals surface area contributed by atoms with Crippen LogP contribution in [0.2, 0.25) is 0 Å². The Morgan fingerprint density at radius 3 is 2.58 bits per heavy atom. The van der Waals surface area contributed by atoms with Crippen molar-refractivity contribution >= 4 is 27.3 Å². The molecule has 0 aromatic heterocycles. The normalized spacial score (nSPS) is 17.1. The fourth-order valence-electron chi connectivity index (χ4n) is 3.15. The molecule has 6 nitrogen and oxygen atoms in total. The van der Waals surface area contributed by atoms with Crippen LogP contribution in [0.15, 0.2) is 53.6 Å². The maximum absolute atomic E-state index is 12.1. The van der Waals surface area contributed by atoms with E-state index in [1.807, 2.05) is 37.3 Å². The first-order valence-corrected chi connectivity index (χ1v) is 10.1. The number of rotatable bonds is 4. The molecule has 0 aliphatic carbocycles. The zero-order valence-electron chi connectivity index (χ0n) is 14.9. The molecule has 1 heterocycles. The van der Waals surface area contributed by atoms with Crippen LogP contribution in [0, 0.1) is 6.92 Å². The Morgan fingerprint density at radius 2 is 1.92 bits per heavy atom. The summed E-state index contributed by atoms with van der Waals surface area (Å²) < 4.78 is 25.4. The molecule has 1 aliphatic heterocycles. The van der Waals surface area contributed by atoms with Gasteiger partial charge in [0.2, 0.25) is 15.9 Å². The minimum Gasteiger partial charge on any atom is -0.284 e. The van der Waals surface area contributed by atoms with Gasteiger partial charge in [-0.15, -0.1) is 0 Å². The summed E-state index contributed by atoms with van der Waals surface area (Å²) >= 11 is 0. The molecule has 136 valence electrons. The Bertz CT molecular complexity index is 983. The van der Waals surface area contributed by atoms with Crippen LogP contribution in [0.5, 0.6) is 0 Å². The van der Waals surface area contributed by atoms with E-state index in [2.05, 4.69) is 9.82 Å². The zero-order chi connectivity index (χ0) is 18.9. The number of carbonyl (C=O) groups is 1. The molecule has 2 aromatic carbocycles. The van der Waals surface area contributed by atoms with Crippen LogP contribution >= 0.6 is 0 Å². The third-order valence-electron chi connectivity index (χ3n) is 4.28. The maximum Gasteiger partial charge on any atom is 0.240 e. The summed E-state index contributed by atoms with van der Waals surface area (Å²) in [5, 5.41) is 6.03. The Labute approximate surface area is 153 Å². The second kappa shape index (κ2) is 6.92. The van der Waals surface area contributed by atoms with Crippen LogP contribution in [-0.4, -0.2) is 31.3 Å². The second-order valence-corrected chi connectivity index (χ2v) is 8.19. The number of nitrogens with zero attached hydrogens (tertiary/aromatic N) is 2. The molecule has 2 aromatic rings. The van der Waals surface area contributed by atoms with E-state index in [0.717, 1.165) is 28.7 Å². The van der Waals surface area contributed by atoms with E-state index >= 15 is 0 Å². The van der Waals surface area contributed by atoms with Crippen molar-refractivity contribution in [3.63, 3.8) is 0 Å². The van der Waals surface area contributed by atoms with Gasteiger partial charge in [0.25, 0.3) is 0 Å². The number of aryl methyl sites for hydroxylation is 1. The van der Waals surface area contributed by atoms with Gasteiger partial charge in [-0.25, -0.2) is 13.4 Å². The SMILES string of the molecule is CC(=O)N1N=C(c2cccc(NS(C)(=O)=O)c2)C[C@@H]1c1ccccc1C. The number of anilines is 1. The first kappa shape index (κ1) is 18.1. The predicted molar refractivity (Wildman–Crippen MR) is 103 cm³/mol. The van der Waals surface area contributed by atoms with Crippen molar-refractivity contribution in [2.45, 2.75) is 26.3 Å². The number of carbonyl (C=O) groups excluding carboxylic acids is 1. The quantitative estimate of drug-likeness (QED) is 0.897. The summed E-state index contributed by atoms with van der Waals surface area (Å²) in [6, 6.07) is 14.8. The molecule has 0 saturated carbocycles. The Kier molecular flexibility index (Phi) is 4.82. The highest BCUT2D eigenvalue weighted by molar-refractivity contribution is 7.92. The van der Waals surface area contributed by atoms with E-state index in [1.165, 1.54) is 11.9 Å². The summed E-state index contributed by atoms with van der Waals surface area (Å²) in [7, 11) is -3.36. The number of hydrogen-bond acceptors (Lipinski definition) is 4. The molecular weight excluding hydrogens is 350 g/mol. The lowest BCUT2D eigenvalue weighted by molar-refractivity contribution is -0.130. The third-order valence-corrected chi connectivity index (χ3v) is 4.89. The van der Waals surface area contributed by atoms with E-state index in [-0.39, 0.29) is 11.9 Å². The highest BCUT2D eigenvalue weighted by atomic mass is 32.2. The predicted octanol–water partition coefficient (Wildman–Crippen LogP) is 3.06. The lowest BCUT2D eigenvalue weighted by Crippen LogP contribution is -2.24. The lowest BCUT2D eigenvalue weighted by Gasteiger charge is -2.22. The molecule has 7 heteroatoms. The minimum absolute atomic E-state index is 0.126. The monoisotopic (exact) mass is 371 g/mol. The first-order valence-electron chi connectivity index (χ1n) is 8.25. The van der Waals surface area contributed by atoms with Gasteiger partial charge in [0.15, 0.2) is 0 Å². The average molecular weight is 371 g/mol. The molecule has 1 N–H and O–H groups in total. The van der Waals surface area contributed by atoms with E-state index in [0.29, 0.717) is 12.1 Å². The highest BCUT2D eigenvalue weighted by Gasteiger charge is 2.32. The van der Waals surface area contributed by atoms with E-state index in [1.54, 1.807) is 18.2 Å². The Morgan fingerprint density at radius 1 is 1.19 bits per heavy atom.